The van der Waals surface area contributed by atoms with Crippen LogP contribution >= 0.6 is 0 Å². The zero-order valence-corrected chi connectivity index (χ0v) is 24.5. The van der Waals surface area contributed by atoms with E-state index >= 15 is 0 Å². The van der Waals surface area contributed by atoms with Crippen molar-refractivity contribution in [1.29, 1.82) is 0 Å². The van der Waals surface area contributed by atoms with Gasteiger partial charge in [-0.05, 0) is 81.8 Å². The van der Waals surface area contributed by atoms with E-state index in [0.717, 1.165) is 44.3 Å². The minimum Gasteiger partial charge on any atom is -0.490 e. The van der Waals surface area contributed by atoms with Gasteiger partial charge in [-0.15, -0.1) is 0 Å². The molecule has 218 valence electrons. The van der Waals surface area contributed by atoms with Gasteiger partial charge in [0.15, 0.2) is 5.69 Å². The van der Waals surface area contributed by atoms with Gasteiger partial charge in [-0.2, -0.15) is 0 Å². The summed E-state index contributed by atoms with van der Waals surface area (Å²) in [4.78, 5) is 21.4. The molecule has 1 N–H and O–H groups in total. The largest absolute Gasteiger partial charge is 0.490 e. The van der Waals surface area contributed by atoms with Crippen molar-refractivity contribution < 1.29 is 17.9 Å². The maximum Gasteiger partial charge on any atom is 0.240 e. The second kappa shape index (κ2) is 12.9. The number of nitrogens with zero attached hydrogens (tertiary/aromatic N) is 4. The van der Waals surface area contributed by atoms with Gasteiger partial charge in [0, 0.05) is 6.04 Å². The third-order valence-electron chi connectivity index (χ3n) is 8.18. The number of carbonyl (C=O) groups excluding carboxylic acids is 1. The highest BCUT2D eigenvalue weighted by atomic mass is 32.2. The number of hydrogen-bond acceptors (Lipinski definition) is 5. The van der Waals surface area contributed by atoms with Crippen molar-refractivity contribution in [2.45, 2.75) is 96.4 Å². The number of benzene rings is 2. The van der Waals surface area contributed by atoms with Crippen molar-refractivity contribution in [2.24, 2.45) is 0 Å². The Balaban J connectivity index is 1.44. The zero-order chi connectivity index (χ0) is 28.8. The second-order valence-corrected chi connectivity index (χ2v) is 13.3. The fourth-order valence-corrected chi connectivity index (χ4v) is 6.97. The molecule has 0 bridgehead atoms. The summed E-state index contributed by atoms with van der Waals surface area (Å²) in [6.07, 6.45) is 11.2. The molecule has 1 amide bonds. The van der Waals surface area contributed by atoms with Crippen LogP contribution in [-0.2, 0) is 27.9 Å². The number of imidazole rings is 1. The van der Waals surface area contributed by atoms with E-state index in [4.69, 9.17) is 16.3 Å². The molecule has 1 aromatic heterocycles. The third-order valence-corrected chi connectivity index (χ3v) is 9.92. The Morgan fingerprint density at radius 3 is 2.39 bits per heavy atom. The van der Waals surface area contributed by atoms with Crippen molar-refractivity contribution in [3.05, 3.63) is 59.7 Å². The number of anilines is 1. The van der Waals surface area contributed by atoms with Gasteiger partial charge < -0.3 is 14.6 Å². The Morgan fingerprint density at radius 2 is 1.73 bits per heavy atom. The van der Waals surface area contributed by atoms with Crippen molar-refractivity contribution in [2.75, 3.05) is 10.1 Å². The monoisotopic (exact) mass is 577 g/mol. The van der Waals surface area contributed by atoms with Crippen LogP contribution < -0.4 is 14.4 Å². The Hall–Kier alpha value is -3.58. The SMILES string of the molecule is [C-]#[N+]c1ccc2c(c1)nc(CN(c1ccc(OC3CCCCC3)cc1)S(=O)(=O)CC)n2CC(=O)NC1CCCCC1. The molecule has 5 rings (SSSR count). The van der Waals surface area contributed by atoms with Crippen LogP contribution in [0.4, 0.5) is 11.4 Å². The molecule has 41 heavy (non-hydrogen) atoms. The number of amides is 1. The molecular weight excluding hydrogens is 538 g/mol. The lowest BCUT2D eigenvalue weighted by Crippen LogP contribution is -2.39. The highest BCUT2D eigenvalue weighted by Crippen LogP contribution is 2.29. The van der Waals surface area contributed by atoms with E-state index in [1.165, 1.54) is 30.0 Å². The maximum absolute atomic E-state index is 13.4. The molecule has 1 heterocycles. The van der Waals surface area contributed by atoms with Crippen molar-refractivity contribution in [3.8, 4) is 5.75 Å². The Labute approximate surface area is 242 Å². The van der Waals surface area contributed by atoms with Crippen molar-refractivity contribution in [1.82, 2.24) is 14.9 Å². The van der Waals surface area contributed by atoms with Gasteiger partial charge in [0.05, 0.1) is 41.7 Å². The lowest BCUT2D eigenvalue weighted by atomic mass is 9.95. The molecule has 0 unspecified atom stereocenters. The Kier molecular flexibility index (Phi) is 9.13. The molecule has 10 heteroatoms. The van der Waals surface area contributed by atoms with Crippen LogP contribution in [0.5, 0.6) is 5.75 Å². The van der Waals surface area contributed by atoms with E-state index < -0.39 is 10.0 Å². The quantitative estimate of drug-likeness (QED) is 0.294. The first-order chi connectivity index (χ1) is 19.9. The minimum absolute atomic E-state index is 0.0217. The number of sulfonamides is 1. The van der Waals surface area contributed by atoms with Gasteiger partial charge in [0.1, 0.15) is 18.1 Å². The summed E-state index contributed by atoms with van der Waals surface area (Å²) in [5.41, 5.74) is 2.20. The van der Waals surface area contributed by atoms with E-state index in [9.17, 15) is 13.2 Å². The first-order valence-corrected chi connectivity index (χ1v) is 16.4. The highest BCUT2D eigenvalue weighted by Gasteiger charge is 2.26. The molecule has 2 saturated carbocycles. The molecule has 9 nitrogen and oxygen atoms in total. The van der Waals surface area contributed by atoms with E-state index in [1.54, 1.807) is 41.8 Å². The van der Waals surface area contributed by atoms with Gasteiger partial charge in [0.25, 0.3) is 0 Å². The van der Waals surface area contributed by atoms with Crippen molar-refractivity contribution in [3.63, 3.8) is 0 Å². The van der Waals surface area contributed by atoms with E-state index in [2.05, 4.69) is 10.2 Å². The normalized spacial score (nSPS) is 16.8. The van der Waals surface area contributed by atoms with E-state index in [0.29, 0.717) is 28.2 Å². The molecule has 2 fully saturated rings. The predicted octanol–water partition coefficient (Wildman–Crippen LogP) is 6.10. The average molecular weight is 578 g/mol. The fourth-order valence-electron chi connectivity index (χ4n) is 5.90. The average Bonchev–Trinajstić information content (AvgIpc) is 3.33. The molecular formula is C31H39N5O4S. The van der Waals surface area contributed by atoms with Crippen LogP contribution in [-0.4, -0.2) is 41.8 Å². The predicted molar refractivity (Wildman–Crippen MR) is 161 cm³/mol. The first kappa shape index (κ1) is 28.9. The summed E-state index contributed by atoms with van der Waals surface area (Å²) in [5, 5.41) is 3.16. The van der Waals surface area contributed by atoms with Crippen LogP contribution in [0.25, 0.3) is 15.9 Å². The molecule has 0 aliphatic heterocycles. The summed E-state index contributed by atoms with van der Waals surface area (Å²) in [6.45, 7) is 8.99. The third kappa shape index (κ3) is 7.02. The molecule has 0 spiro atoms. The summed E-state index contributed by atoms with van der Waals surface area (Å²) >= 11 is 0. The lowest BCUT2D eigenvalue weighted by Gasteiger charge is -2.26. The number of ether oxygens (including phenoxy) is 1. The summed E-state index contributed by atoms with van der Waals surface area (Å²) in [7, 11) is -3.68. The first-order valence-electron chi connectivity index (χ1n) is 14.8. The molecule has 2 aromatic carbocycles. The van der Waals surface area contributed by atoms with Crippen LogP contribution in [0.3, 0.4) is 0 Å². The molecule has 3 aromatic rings. The smallest absolute Gasteiger partial charge is 0.240 e. The molecule has 0 radical (unpaired) electrons. The van der Waals surface area contributed by atoms with Crippen LogP contribution in [0.15, 0.2) is 42.5 Å². The highest BCUT2D eigenvalue weighted by molar-refractivity contribution is 7.92. The molecule has 0 saturated heterocycles. The van der Waals surface area contributed by atoms with Gasteiger partial charge in [-0.3, -0.25) is 9.10 Å². The number of rotatable bonds is 10. The number of hydrogen-bond donors (Lipinski definition) is 1. The number of nitrogens with one attached hydrogen (secondary N) is 1. The zero-order valence-electron chi connectivity index (χ0n) is 23.7. The van der Waals surface area contributed by atoms with Gasteiger partial charge in [-0.1, -0.05) is 31.7 Å². The molecule has 0 atom stereocenters. The number of carbonyl (C=O) groups is 1. The van der Waals surface area contributed by atoms with Gasteiger partial charge in [-0.25, -0.2) is 18.2 Å². The second-order valence-electron chi connectivity index (χ2n) is 11.1. The van der Waals surface area contributed by atoms with E-state index in [-0.39, 0.29) is 36.9 Å². The number of aromatic nitrogens is 2. The Morgan fingerprint density at radius 1 is 1.05 bits per heavy atom. The maximum atomic E-state index is 13.4. The van der Waals surface area contributed by atoms with Crippen LogP contribution in [0.2, 0.25) is 0 Å². The fraction of sp³-hybridized carbons (Fsp3) is 0.516. The Bertz CT molecular complexity index is 1500. The number of fused-ring (bicyclic) bond motifs is 1. The molecule has 2 aliphatic carbocycles. The summed E-state index contributed by atoms with van der Waals surface area (Å²) in [5.74, 6) is 0.964. The minimum atomic E-state index is -3.68. The van der Waals surface area contributed by atoms with Crippen LogP contribution in [0, 0.1) is 6.57 Å². The molecule has 2 aliphatic rings. The van der Waals surface area contributed by atoms with E-state index in [1.807, 2.05) is 12.1 Å². The van der Waals surface area contributed by atoms with Gasteiger partial charge >= 0.3 is 0 Å². The van der Waals surface area contributed by atoms with Crippen LogP contribution in [0.1, 0.15) is 77.0 Å². The van der Waals surface area contributed by atoms with Crippen molar-refractivity contribution >= 4 is 38.3 Å². The standard InChI is InChI=1S/C31H39N5O4S/c1-3-41(38,39)36(25-15-17-27(18-16-25)40-26-12-8-5-9-13-26)21-30-34-28-20-24(32-2)14-19-29(28)35(30)22-31(37)33-23-10-6-4-7-11-23/h14-20,23,26H,3-13,21-22H2,1H3,(H,33,37). The summed E-state index contributed by atoms with van der Waals surface area (Å²) < 4.78 is 36.0. The topological polar surface area (TPSA) is 97.9 Å². The lowest BCUT2D eigenvalue weighted by molar-refractivity contribution is -0.122. The van der Waals surface area contributed by atoms with Gasteiger partial charge in [0.2, 0.25) is 15.9 Å². The summed E-state index contributed by atoms with van der Waals surface area (Å²) in [6, 6.07) is 12.5.